The first kappa shape index (κ1) is 11.1. The van der Waals surface area contributed by atoms with E-state index in [1.54, 1.807) is 0 Å². The van der Waals surface area contributed by atoms with Gasteiger partial charge in [-0.1, -0.05) is 0 Å². The highest BCUT2D eigenvalue weighted by Gasteiger charge is 2.32. The summed E-state index contributed by atoms with van der Waals surface area (Å²) in [5, 5.41) is 0. The predicted octanol–water partition coefficient (Wildman–Crippen LogP) is 1.52. The normalized spacial score (nSPS) is 19.5. The van der Waals surface area contributed by atoms with E-state index in [1.165, 1.54) is 0 Å². The zero-order valence-electron chi connectivity index (χ0n) is 9.08. The van der Waals surface area contributed by atoms with Gasteiger partial charge < -0.3 is 4.74 Å². The maximum atomic E-state index is 11.6. The van der Waals surface area contributed by atoms with Crippen LogP contribution in [0.25, 0.3) is 0 Å². The Bertz CT molecular complexity index is 232. The Labute approximate surface area is 84.2 Å². The van der Waals surface area contributed by atoms with Crippen LogP contribution in [0.4, 0.5) is 0 Å². The third-order valence-corrected chi connectivity index (χ3v) is 2.19. The first-order chi connectivity index (χ1) is 6.38. The minimum atomic E-state index is -0.425. The zero-order valence-corrected chi connectivity index (χ0v) is 9.08. The number of nitrogens with zero attached hydrogens (tertiary/aromatic N) is 1. The first-order valence-electron chi connectivity index (χ1n) is 5.03. The van der Waals surface area contributed by atoms with E-state index in [9.17, 15) is 9.70 Å². The summed E-state index contributed by atoms with van der Waals surface area (Å²) in [5.41, 5.74) is -0.425. The van der Waals surface area contributed by atoms with Crippen molar-refractivity contribution < 1.29 is 14.3 Å². The quantitative estimate of drug-likeness (QED) is 0.476. The molecule has 1 fully saturated rings. The van der Waals surface area contributed by atoms with Gasteiger partial charge in [0.15, 0.2) is 13.1 Å². The van der Waals surface area contributed by atoms with Gasteiger partial charge in [0.1, 0.15) is 5.60 Å². The van der Waals surface area contributed by atoms with Crippen molar-refractivity contribution in [2.75, 3.05) is 13.1 Å². The molecule has 0 aromatic heterocycles. The van der Waals surface area contributed by atoms with E-state index in [4.69, 9.17) is 4.74 Å². The number of piperidine rings is 1. The van der Waals surface area contributed by atoms with Gasteiger partial charge in [-0.15, -0.1) is 0 Å². The van der Waals surface area contributed by atoms with Crippen LogP contribution in [0.15, 0.2) is 0 Å². The molecule has 0 spiro atoms. The third-order valence-electron chi connectivity index (χ3n) is 2.19. The summed E-state index contributed by atoms with van der Waals surface area (Å²) in [6, 6.07) is 0. The summed E-state index contributed by atoms with van der Waals surface area (Å²) in [6.07, 6.45) is 1.25. The molecule has 0 unspecified atom stereocenters. The number of carbonyl (C=O) groups excluding carboxylic acids is 1. The van der Waals surface area contributed by atoms with E-state index in [-0.39, 0.29) is 11.9 Å². The van der Waals surface area contributed by atoms with Gasteiger partial charge in [-0.2, -0.15) is 0 Å². The molecule has 0 amide bonds. The highest BCUT2D eigenvalue weighted by molar-refractivity contribution is 5.72. The van der Waals surface area contributed by atoms with Crippen LogP contribution >= 0.6 is 0 Å². The van der Waals surface area contributed by atoms with Gasteiger partial charge >= 0.3 is 5.97 Å². The molecule has 14 heavy (non-hydrogen) atoms. The van der Waals surface area contributed by atoms with Crippen LogP contribution in [0.1, 0.15) is 33.6 Å². The van der Waals surface area contributed by atoms with Gasteiger partial charge in [0, 0.05) is 17.7 Å². The van der Waals surface area contributed by atoms with E-state index < -0.39 is 5.60 Å². The number of ether oxygens (including phenoxy) is 1. The molecule has 4 nitrogen and oxygen atoms in total. The predicted molar refractivity (Wildman–Crippen MR) is 51.9 cm³/mol. The molecule has 0 saturated carbocycles. The van der Waals surface area contributed by atoms with E-state index in [0.717, 1.165) is 4.76 Å². The Morgan fingerprint density at radius 2 is 1.79 bits per heavy atom. The van der Waals surface area contributed by atoms with E-state index >= 15 is 0 Å². The standard InChI is InChI=1S/C10H18NO3/c1-10(2,3)14-9(12)8-4-6-11(13)7-5-8/h8H,4-7H2,1-3H3/q+1. The monoisotopic (exact) mass is 200 g/mol. The molecule has 0 aromatic rings. The fraction of sp³-hybridized carbons (Fsp3) is 0.900. The van der Waals surface area contributed by atoms with Crippen LogP contribution in [-0.4, -0.2) is 29.4 Å². The first-order valence-corrected chi connectivity index (χ1v) is 5.03. The van der Waals surface area contributed by atoms with Crippen molar-refractivity contribution in [1.29, 1.82) is 0 Å². The van der Waals surface area contributed by atoms with E-state index in [0.29, 0.717) is 25.9 Å². The molecule has 1 rings (SSSR count). The molecule has 1 heterocycles. The number of carbonyl (C=O) groups is 1. The minimum Gasteiger partial charge on any atom is -0.460 e. The van der Waals surface area contributed by atoms with Crippen LogP contribution in [0.5, 0.6) is 0 Å². The fourth-order valence-electron chi connectivity index (χ4n) is 1.48. The number of hydrogen-bond donors (Lipinski definition) is 0. The molecule has 1 saturated heterocycles. The Balaban J connectivity index is 2.42. The summed E-state index contributed by atoms with van der Waals surface area (Å²) in [4.78, 5) is 22.5. The molecule has 80 valence electrons. The lowest BCUT2D eigenvalue weighted by molar-refractivity contribution is -0.560. The Kier molecular flexibility index (Phi) is 3.24. The van der Waals surface area contributed by atoms with Gasteiger partial charge in [0.2, 0.25) is 0 Å². The van der Waals surface area contributed by atoms with Crippen LogP contribution in [0.3, 0.4) is 0 Å². The molecule has 0 N–H and O–H groups in total. The summed E-state index contributed by atoms with van der Waals surface area (Å²) in [5.74, 6) is -0.245. The summed E-state index contributed by atoms with van der Waals surface area (Å²) >= 11 is 0. The number of esters is 1. The smallest absolute Gasteiger partial charge is 0.309 e. The largest absolute Gasteiger partial charge is 0.460 e. The topological polar surface area (TPSA) is 46.4 Å². The Morgan fingerprint density at radius 1 is 1.29 bits per heavy atom. The van der Waals surface area contributed by atoms with Gasteiger partial charge in [0.25, 0.3) is 0 Å². The van der Waals surface area contributed by atoms with Crippen LogP contribution in [-0.2, 0) is 9.53 Å². The van der Waals surface area contributed by atoms with Crippen LogP contribution in [0.2, 0.25) is 0 Å². The van der Waals surface area contributed by atoms with Crippen molar-refractivity contribution in [1.82, 2.24) is 0 Å². The average molecular weight is 200 g/mol. The molecular formula is C10H18NO3+. The Morgan fingerprint density at radius 3 is 2.21 bits per heavy atom. The van der Waals surface area contributed by atoms with Crippen molar-refractivity contribution in [2.24, 2.45) is 5.92 Å². The second kappa shape index (κ2) is 4.07. The lowest BCUT2D eigenvalue weighted by Gasteiger charge is -2.23. The summed E-state index contributed by atoms with van der Waals surface area (Å²) < 4.78 is 6.25. The maximum Gasteiger partial charge on any atom is 0.309 e. The summed E-state index contributed by atoms with van der Waals surface area (Å²) in [6.45, 7) is 6.46. The molecule has 1 aliphatic rings. The van der Waals surface area contributed by atoms with Crippen molar-refractivity contribution in [3.8, 4) is 0 Å². The number of rotatable bonds is 1. The molecular weight excluding hydrogens is 182 g/mol. The van der Waals surface area contributed by atoms with Crippen molar-refractivity contribution in [3.63, 3.8) is 0 Å². The van der Waals surface area contributed by atoms with Crippen molar-refractivity contribution in [3.05, 3.63) is 4.91 Å². The number of hydrogen-bond acceptors (Lipinski definition) is 3. The van der Waals surface area contributed by atoms with Gasteiger partial charge in [-0.3, -0.25) is 4.79 Å². The van der Waals surface area contributed by atoms with Crippen LogP contribution < -0.4 is 0 Å². The fourth-order valence-corrected chi connectivity index (χ4v) is 1.48. The van der Waals surface area contributed by atoms with Crippen molar-refractivity contribution in [2.45, 2.75) is 39.2 Å². The number of nitroso groups, excluding NO2 is 1. The summed E-state index contributed by atoms with van der Waals surface area (Å²) in [7, 11) is 0. The van der Waals surface area contributed by atoms with Crippen molar-refractivity contribution >= 4 is 5.97 Å². The van der Waals surface area contributed by atoms with E-state index in [2.05, 4.69) is 0 Å². The molecule has 4 heteroatoms. The lowest BCUT2D eigenvalue weighted by Crippen LogP contribution is -2.34. The molecule has 0 atom stereocenters. The average Bonchev–Trinajstić information content (AvgIpc) is 2.02. The molecule has 0 bridgehead atoms. The van der Waals surface area contributed by atoms with Gasteiger partial charge in [0.05, 0.1) is 5.92 Å². The van der Waals surface area contributed by atoms with E-state index in [1.807, 2.05) is 20.8 Å². The second-order valence-corrected chi connectivity index (χ2v) is 4.74. The highest BCUT2D eigenvalue weighted by Crippen LogP contribution is 2.19. The van der Waals surface area contributed by atoms with Gasteiger partial charge in [-0.25, -0.2) is 0 Å². The maximum absolute atomic E-state index is 11.6. The molecule has 0 radical (unpaired) electrons. The molecule has 0 aliphatic carbocycles. The minimum absolute atomic E-state index is 0.0839. The Hall–Kier alpha value is -0.930. The molecule has 1 aliphatic heterocycles. The van der Waals surface area contributed by atoms with Crippen LogP contribution in [0, 0.1) is 10.8 Å². The van der Waals surface area contributed by atoms with Gasteiger partial charge in [-0.05, 0) is 25.5 Å². The SMILES string of the molecule is CC(C)(C)OC(=O)C1CC[N+](=O)CC1. The molecule has 0 aromatic carbocycles. The highest BCUT2D eigenvalue weighted by atomic mass is 16.6. The second-order valence-electron chi connectivity index (χ2n) is 4.74. The third kappa shape index (κ3) is 3.44. The lowest BCUT2D eigenvalue weighted by atomic mass is 9.98. The zero-order chi connectivity index (χ0) is 10.8.